The van der Waals surface area contributed by atoms with Crippen molar-refractivity contribution in [1.29, 1.82) is 0 Å². The molecule has 2 rings (SSSR count). The zero-order valence-electron chi connectivity index (χ0n) is 8.91. The zero-order valence-corrected chi connectivity index (χ0v) is 8.91. The predicted octanol–water partition coefficient (Wildman–Crippen LogP) is 1.58. The Hall–Kier alpha value is -1.35. The van der Waals surface area contributed by atoms with Crippen molar-refractivity contribution in [2.75, 3.05) is 7.11 Å². The maximum Gasteiger partial charge on any atom is 0.194 e. The quantitative estimate of drug-likeness (QED) is 0.758. The first-order valence-corrected chi connectivity index (χ1v) is 4.99. The SMILES string of the molecule is COc1cccc2c1CC[C@@](C)(O)C2=O. The largest absolute Gasteiger partial charge is 0.496 e. The van der Waals surface area contributed by atoms with Crippen LogP contribution >= 0.6 is 0 Å². The Morgan fingerprint density at radius 2 is 2.20 bits per heavy atom. The molecule has 0 aromatic heterocycles. The van der Waals surface area contributed by atoms with Crippen LogP contribution in [-0.4, -0.2) is 23.6 Å². The van der Waals surface area contributed by atoms with Crippen LogP contribution in [0.5, 0.6) is 5.75 Å². The van der Waals surface area contributed by atoms with Crippen molar-refractivity contribution in [3.63, 3.8) is 0 Å². The summed E-state index contributed by atoms with van der Waals surface area (Å²) in [6, 6.07) is 5.36. The summed E-state index contributed by atoms with van der Waals surface area (Å²) in [7, 11) is 1.59. The molecule has 0 spiro atoms. The van der Waals surface area contributed by atoms with Crippen molar-refractivity contribution >= 4 is 5.78 Å². The third-order valence-electron chi connectivity index (χ3n) is 2.95. The first kappa shape index (κ1) is 10.2. The molecule has 0 unspecified atom stereocenters. The fourth-order valence-electron chi connectivity index (χ4n) is 2.00. The van der Waals surface area contributed by atoms with E-state index >= 15 is 0 Å². The zero-order chi connectivity index (χ0) is 11.1. The van der Waals surface area contributed by atoms with Gasteiger partial charge in [0.2, 0.25) is 0 Å². The summed E-state index contributed by atoms with van der Waals surface area (Å²) in [6.45, 7) is 1.57. The molecule has 15 heavy (non-hydrogen) atoms. The maximum absolute atomic E-state index is 11.9. The van der Waals surface area contributed by atoms with Gasteiger partial charge in [0.05, 0.1) is 7.11 Å². The van der Waals surface area contributed by atoms with Gasteiger partial charge >= 0.3 is 0 Å². The van der Waals surface area contributed by atoms with Crippen molar-refractivity contribution in [3.05, 3.63) is 29.3 Å². The molecule has 0 amide bonds. The van der Waals surface area contributed by atoms with Gasteiger partial charge in [0.25, 0.3) is 0 Å². The summed E-state index contributed by atoms with van der Waals surface area (Å²) in [5, 5.41) is 9.86. The number of hydrogen-bond donors (Lipinski definition) is 1. The predicted molar refractivity (Wildman–Crippen MR) is 56.3 cm³/mol. The van der Waals surface area contributed by atoms with Crippen LogP contribution in [-0.2, 0) is 6.42 Å². The molecule has 1 aliphatic carbocycles. The number of carbonyl (C=O) groups is 1. The van der Waals surface area contributed by atoms with E-state index in [-0.39, 0.29) is 5.78 Å². The number of aliphatic hydroxyl groups is 1. The van der Waals surface area contributed by atoms with Crippen molar-refractivity contribution in [2.45, 2.75) is 25.4 Å². The van der Waals surface area contributed by atoms with Crippen LogP contribution in [0.1, 0.15) is 29.3 Å². The molecule has 0 heterocycles. The molecule has 80 valence electrons. The van der Waals surface area contributed by atoms with E-state index in [4.69, 9.17) is 4.74 Å². The van der Waals surface area contributed by atoms with E-state index in [1.165, 1.54) is 0 Å². The molecule has 0 saturated carbocycles. The first-order chi connectivity index (χ1) is 7.06. The minimum atomic E-state index is -1.22. The minimum Gasteiger partial charge on any atom is -0.496 e. The van der Waals surface area contributed by atoms with Crippen molar-refractivity contribution in [2.24, 2.45) is 0 Å². The van der Waals surface area contributed by atoms with Gasteiger partial charge in [-0.25, -0.2) is 0 Å². The minimum absolute atomic E-state index is 0.206. The van der Waals surface area contributed by atoms with E-state index in [0.29, 0.717) is 18.4 Å². The van der Waals surface area contributed by atoms with Crippen LogP contribution in [0.2, 0.25) is 0 Å². The number of ketones is 1. The van der Waals surface area contributed by atoms with Gasteiger partial charge in [0.15, 0.2) is 5.78 Å². The van der Waals surface area contributed by atoms with Crippen LogP contribution in [0.15, 0.2) is 18.2 Å². The lowest BCUT2D eigenvalue weighted by molar-refractivity contribution is 0.0339. The molecule has 0 radical (unpaired) electrons. The number of methoxy groups -OCH3 is 1. The smallest absolute Gasteiger partial charge is 0.194 e. The van der Waals surface area contributed by atoms with Gasteiger partial charge in [-0.3, -0.25) is 4.79 Å². The van der Waals surface area contributed by atoms with Gasteiger partial charge in [-0.15, -0.1) is 0 Å². The Bertz CT molecular complexity index is 407. The van der Waals surface area contributed by atoms with Crippen LogP contribution in [0.3, 0.4) is 0 Å². The summed E-state index contributed by atoms with van der Waals surface area (Å²) in [6.07, 6.45) is 1.14. The van der Waals surface area contributed by atoms with Gasteiger partial charge < -0.3 is 9.84 Å². The van der Waals surface area contributed by atoms with Crippen LogP contribution in [0, 0.1) is 0 Å². The molecule has 1 atom stereocenters. The Kier molecular flexibility index (Phi) is 2.27. The molecule has 0 bridgehead atoms. The average molecular weight is 206 g/mol. The van der Waals surface area contributed by atoms with E-state index in [2.05, 4.69) is 0 Å². The van der Waals surface area contributed by atoms with Crippen molar-refractivity contribution in [3.8, 4) is 5.75 Å². The summed E-state index contributed by atoms with van der Waals surface area (Å²) in [4.78, 5) is 11.9. The highest BCUT2D eigenvalue weighted by Gasteiger charge is 2.37. The summed E-state index contributed by atoms with van der Waals surface area (Å²) < 4.78 is 5.20. The van der Waals surface area contributed by atoms with Gasteiger partial charge in [-0.2, -0.15) is 0 Å². The van der Waals surface area contributed by atoms with Crippen molar-refractivity contribution < 1.29 is 14.6 Å². The molecule has 0 aliphatic heterocycles. The standard InChI is InChI=1S/C12H14O3/c1-12(14)7-6-8-9(11(12)13)4-3-5-10(8)15-2/h3-5,14H,6-7H2,1-2H3/t12-/m1/s1. The fourth-order valence-corrected chi connectivity index (χ4v) is 2.00. The molecule has 1 N–H and O–H groups in total. The topological polar surface area (TPSA) is 46.5 Å². The molecule has 0 fully saturated rings. The highest BCUT2D eigenvalue weighted by Crippen LogP contribution is 2.33. The molecule has 0 saturated heterocycles. The fraction of sp³-hybridized carbons (Fsp3) is 0.417. The first-order valence-electron chi connectivity index (χ1n) is 4.99. The van der Waals surface area contributed by atoms with Gasteiger partial charge in [-0.1, -0.05) is 12.1 Å². The lowest BCUT2D eigenvalue weighted by Gasteiger charge is -2.29. The summed E-state index contributed by atoms with van der Waals surface area (Å²) in [5.74, 6) is 0.527. The van der Waals surface area contributed by atoms with Crippen LogP contribution < -0.4 is 4.74 Å². The number of benzene rings is 1. The van der Waals surface area contributed by atoms with E-state index in [0.717, 1.165) is 11.3 Å². The van der Waals surface area contributed by atoms with E-state index < -0.39 is 5.60 Å². The molecule has 1 aromatic rings. The summed E-state index contributed by atoms with van der Waals surface area (Å²) >= 11 is 0. The van der Waals surface area contributed by atoms with E-state index in [1.54, 1.807) is 26.2 Å². The number of rotatable bonds is 1. The molecule has 1 aromatic carbocycles. The van der Waals surface area contributed by atoms with Gasteiger partial charge in [0.1, 0.15) is 11.4 Å². The highest BCUT2D eigenvalue weighted by molar-refractivity contribution is 6.04. The second kappa shape index (κ2) is 3.35. The second-order valence-electron chi connectivity index (χ2n) is 4.09. The van der Waals surface area contributed by atoms with E-state index in [9.17, 15) is 9.90 Å². The molecular formula is C12H14O3. The van der Waals surface area contributed by atoms with Crippen LogP contribution in [0.25, 0.3) is 0 Å². The Balaban J connectivity index is 2.55. The maximum atomic E-state index is 11.9. The van der Waals surface area contributed by atoms with E-state index in [1.807, 2.05) is 6.07 Å². The number of Topliss-reactive ketones (excluding diaryl/α,β-unsaturated/α-hetero) is 1. The lowest BCUT2D eigenvalue weighted by atomic mass is 9.80. The molecule has 3 nitrogen and oxygen atoms in total. The van der Waals surface area contributed by atoms with Gasteiger partial charge in [-0.05, 0) is 25.8 Å². The third kappa shape index (κ3) is 1.53. The number of ether oxygens (including phenoxy) is 1. The second-order valence-corrected chi connectivity index (χ2v) is 4.09. The average Bonchev–Trinajstić information content (AvgIpc) is 2.23. The number of carbonyl (C=O) groups excluding carboxylic acids is 1. The van der Waals surface area contributed by atoms with Crippen LogP contribution in [0.4, 0.5) is 0 Å². The monoisotopic (exact) mass is 206 g/mol. The number of fused-ring (bicyclic) bond motifs is 1. The molecule has 1 aliphatic rings. The Morgan fingerprint density at radius 3 is 2.87 bits per heavy atom. The Labute approximate surface area is 88.7 Å². The lowest BCUT2D eigenvalue weighted by Crippen LogP contribution is -2.39. The summed E-state index contributed by atoms with van der Waals surface area (Å²) in [5.41, 5.74) is 0.279. The Morgan fingerprint density at radius 1 is 1.47 bits per heavy atom. The van der Waals surface area contributed by atoms with Gasteiger partial charge in [0, 0.05) is 11.1 Å². The highest BCUT2D eigenvalue weighted by atomic mass is 16.5. The molecule has 3 heteroatoms. The molecular weight excluding hydrogens is 192 g/mol. The third-order valence-corrected chi connectivity index (χ3v) is 2.95. The number of hydrogen-bond acceptors (Lipinski definition) is 3. The van der Waals surface area contributed by atoms with Crippen molar-refractivity contribution in [1.82, 2.24) is 0 Å². The normalized spacial score (nSPS) is 24.9.